The average Bonchev–Trinajstić information content (AvgIpc) is 2.76. The summed E-state index contributed by atoms with van der Waals surface area (Å²) in [5, 5.41) is 3.95. The van der Waals surface area contributed by atoms with Gasteiger partial charge in [-0.1, -0.05) is 10.2 Å². The third-order valence-electron chi connectivity index (χ3n) is 5.05. The highest BCUT2D eigenvalue weighted by Crippen LogP contribution is 2.68. The lowest BCUT2D eigenvalue weighted by molar-refractivity contribution is -0.470. The minimum atomic E-state index is -9.32. The Hall–Kier alpha value is -2.78. The molecule has 0 N–H and O–H groups in total. The Kier molecular flexibility index (Phi) is 9.83. The molecule has 0 aromatic carbocycles. The minimum Gasteiger partial charge on any atom is -0.227 e. The van der Waals surface area contributed by atoms with Crippen LogP contribution in [-0.4, -0.2) is 72.3 Å². The molecule has 0 saturated carbocycles. The molecule has 26 heteroatoms. The molecule has 0 bridgehead atoms. The summed E-state index contributed by atoms with van der Waals surface area (Å²) in [6, 6.07) is 0. The van der Waals surface area contributed by atoms with E-state index in [0.29, 0.717) is 0 Å². The summed E-state index contributed by atoms with van der Waals surface area (Å²) < 4.78 is 275. The molecule has 0 rings (SSSR count). The van der Waals surface area contributed by atoms with E-state index in [0.717, 1.165) is 0 Å². The van der Waals surface area contributed by atoms with Gasteiger partial charge in [0.05, 0.1) is 0 Å². The van der Waals surface area contributed by atoms with Crippen LogP contribution in [0.1, 0.15) is 12.8 Å². The van der Waals surface area contributed by atoms with Crippen molar-refractivity contribution >= 4 is 0 Å². The van der Waals surface area contributed by atoms with Crippen LogP contribution in [-0.2, 0) is 0 Å². The highest BCUT2D eigenvalue weighted by Gasteiger charge is 2.99. The zero-order valence-corrected chi connectivity index (χ0v) is 18.1. The summed E-state index contributed by atoms with van der Waals surface area (Å²) in [5.74, 6) is -50.8. The summed E-state index contributed by atoms with van der Waals surface area (Å²) in [4.78, 5) is 3.10. The highest BCUT2D eigenvalue weighted by molar-refractivity contribution is 5.24. The van der Waals surface area contributed by atoms with Crippen LogP contribution in [0.4, 0.5) is 87.8 Å². The van der Waals surface area contributed by atoms with Gasteiger partial charge in [-0.15, -0.1) is 0 Å². The van der Waals surface area contributed by atoms with Gasteiger partial charge in [-0.05, 0) is 11.1 Å². The Labute approximate surface area is 205 Å². The Balaban J connectivity index is 7.59. The van der Waals surface area contributed by atoms with Gasteiger partial charge in [-0.3, -0.25) is 0 Å². The lowest BCUT2D eigenvalue weighted by Gasteiger charge is -2.49. The van der Waals surface area contributed by atoms with Crippen molar-refractivity contribution in [1.29, 1.82) is 0 Å². The summed E-state index contributed by atoms with van der Waals surface area (Å²) in [6.45, 7) is -4.45. The van der Waals surface area contributed by atoms with Gasteiger partial charge in [-0.25, -0.2) is 8.78 Å². The molecule has 0 spiro atoms. The van der Waals surface area contributed by atoms with E-state index in [2.05, 4.69) is 0 Å². The molecule has 2 unspecified atom stereocenters. The van der Waals surface area contributed by atoms with E-state index in [1.165, 1.54) is 4.91 Å². The third-order valence-corrected chi connectivity index (χ3v) is 5.05. The van der Waals surface area contributed by atoms with E-state index in [-0.39, 0.29) is 0 Å². The molecule has 2 atom stereocenters. The van der Waals surface area contributed by atoms with Crippen LogP contribution in [0.5, 0.6) is 0 Å². The number of halogens is 20. The van der Waals surface area contributed by atoms with Crippen molar-refractivity contribution in [2.75, 3.05) is 13.1 Å². The normalized spacial score (nSPS) is 17.8. The molecule has 0 aromatic rings. The largest absolute Gasteiger partial charge is 0.435 e. The number of azide groups is 2. The van der Waals surface area contributed by atoms with Crippen molar-refractivity contribution in [3.05, 3.63) is 20.9 Å². The summed E-state index contributed by atoms with van der Waals surface area (Å²) in [6.07, 6.45) is -22.9. The number of alkyl halides is 20. The van der Waals surface area contributed by atoms with Crippen molar-refractivity contribution in [2.24, 2.45) is 10.2 Å². The van der Waals surface area contributed by atoms with Crippen LogP contribution in [0.2, 0.25) is 0 Å². The summed E-state index contributed by atoms with van der Waals surface area (Å²) >= 11 is 0. The maximum atomic E-state index is 14.6. The fraction of sp³-hybridized carbons (Fsp3) is 1.00. The molecule has 0 heterocycles. The van der Waals surface area contributed by atoms with Crippen LogP contribution in [0.25, 0.3) is 20.9 Å². The van der Waals surface area contributed by atoms with E-state index in [4.69, 9.17) is 11.1 Å². The second-order valence-electron chi connectivity index (χ2n) is 7.44. The standard InChI is InChI=1S/C14H8F20N6/c15-5(13(29,30)31,1-3-37-39-35)8(19,20)7(18,14(32,33)34)10(23,24)12(27,28)11(25,26)9(21,22)6(16,17)2-4-38-40-36/h1-4H2. The van der Waals surface area contributed by atoms with E-state index in [9.17, 15) is 87.8 Å². The topological polar surface area (TPSA) is 97.5 Å². The molecule has 40 heavy (non-hydrogen) atoms. The first kappa shape index (κ1) is 37.2. The van der Waals surface area contributed by atoms with Crippen molar-refractivity contribution in [3.63, 3.8) is 0 Å². The quantitative estimate of drug-likeness (QED) is 0.0833. The maximum Gasteiger partial charge on any atom is 0.435 e. The van der Waals surface area contributed by atoms with Crippen LogP contribution in [0, 0.1) is 0 Å². The molecule has 234 valence electrons. The molecule has 0 radical (unpaired) electrons. The second kappa shape index (κ2) is 10.6. The number of nitrogens with zero attached hydrogens (tertiary/aromatic N) is 6. The van der Waals surface area contributed by atoms with E-state index < -0.39 is 85.2 Å². The van der Waals surface area contributed by atoms with E-state index >= 15 is 0 Å². The van der Waals surface area contributed by atoms with Crippen LogP contribution in [0.3, 0.4) is 0 Å². The monoisotopic (exact) mass is 640 g/mol. The molecule has 0 aliphatic heterocycles. The van der Waals surface area contributed by atoms with Gasteiger partial charge in [0.25, 0.3) is 5.67 Å². The Morgan fingerprint density at radius 2 is 0.775 bits per heavy atom. The van der Waals surface area contributed by atoms with Gasteiger partial charge in [0.2, 0.25) is 0 Å². The molecular weight excluding hydrogens is 632 g/mol. The lowest BCUT2D eigenvalue weighted by Crippen LogP contribution is -2.81. The SMILES string of the molecule is [N-]=[N+]=NCCC(F)(F)C(F)(F)C(F)(F)C(F)(F)C(F)(F)C(F)(C(F)(F)F)C(F)(F)C(F)(CCN=[N+]=[N-])C(F)(F)F. The molecule has 0 aliphatic rings. The van der Waals surface area contributed by atoms with Gasteiger partial charge in [0, 0.05) is 35.8 Å². The fourth-order valence-electron chi connectivity index (χ4n) is 2.78. The molecule has 0 amide bonds. The number of rotatable bonds is 13. The maximum absolute atomic E-state index is 14.6. The van der Waals surface area contributed by atoms with E-state index in [1.807, 2.05) is 10.2 Å². The predicted molar refractivity (Wildman–Crippen MR) is 86.7 cm³/mol. The first-order valence-electron chi connectivity index (χ1n) is 9.17. The van der Waals surface area contributed by atoms with Crippen LogP contribution >= 0.6 is 0 Å². The molecular formula is C14H8F20N6. The van der Waals surface area contributed by atoms with Gasteiger partial charge >= 0.3 is 53.6 Å². The molecule has 6 nitrogen and oxygen atoms in total. The molecule has 0 aliphatic carbocycles. The van der Waals surface area contributed by atoms with Gasteiger partial charge in [0.15, 0.2) is 0 Å². The lowest BCUT2D eigenvalue weighted by atomic mass is 9.74. The van der Waals surface area contributed by atoms with Gasteiger partial charge in [0.1, 0.15) is 0 Å². The summed E-state index contributed by atoms with van der Waals surface area (Å²) in [7, 11) is 0. The van der Waals surface area contributed by atoms with Gasteiger partial charge < -0.3 is 0 Å². The Bertz CT molecular complexity index is 1010. The van der Waals surface area contributed by atoms with Crippen LogP contribution in [0.15, 0.2) is 10.2 Å². The Morgan fingerprint density at radius 1 is 0.425 bits per heavy atom. The molecule has 0 aromatic heterocycles. The fourth-order valence-corrected chi connectivity index (χ4v) is 2.78. The van der Waals surface area contributed by atoms with Crippen molar-refractivity contribution < 1.29 is 87.8 Å². The zero-order chi connectivity index (χ0) is 32.7. The first-order valence-corrected chi connectivity index (χ1v) is 9.17. The minimum absolute atomic E-state index is 1.49. The van der Waals surface area contributed by atoms with E-state index in [1.54, 1.807) is 4.91 Å². The molecule has 0 saturated heterocycles. The van der Waals surface area contributed by atoms with Crippen molar-refractivity contribution in [2.45, 2.75) is 72.1 Å². The van der Waals surface area contributed by atoms with Crippen molar-refractivity contribution in [3.8, 4) is 0 Å². The predicted octanol–water partition coefficient (Wildman–Crippen LogP) is 8.74. The second-order valence-corrected chi connectivity index (χ2v) is 7.44. The van der Waals surface area contributed by atoms with Crippen molar-refractivity contribution in [1.82, 2.24) is 0 Å². The number of hydrogen-bond acceptors (Lipinski definition) is 2. The highest BCUT2D eigenvalue weighted by atomic mass is 19.4. The van der Waals surface area contributed by atoms with Crippen LogP contribution < -0.4 is 0 Å². The van der Waals surface area contributed by atoms with Gasteiger partial charge in [-0.2, -0.15) is 79.0 Å². The Morgan fingerprint density at radius 3 is 1.10 bits per heavy atom. The number of hydrogen-bond donors (Lipinski definition) is 0. The smallest absolute Gasteiger partial charge is 0.227 e. The average molecular weight is 640 g/mol. The molecule has 0 fully saturated rings. The zero-order valence-electron chi connectivity index (χ0n) is 18.1. The first-order chi connectivity index (χ1) is 17.4. The third kappa shape index (κ3) is 5.07. The summed E-state index contributed by atoms with van der Waals surface area (Å²) in [5.41, 5.74) is -1.03.